The molecule has 4 atom stereocenters. The predicted octanol–water partition coefficient (Wildman–Crippen LogP) is 7.79. The van der Waals surface area contributed by atoms with Gasteiger partial charge in [-0.05, 0) is 97.3 Å². The van der Waals surface area contributed by atoms with E-state index in [4.69, 9.17) is 19.6 Å². The van der Waals surface area contributed by atoms with Crippen molar-refractivity contribution >= 4 is 0 Å². The summed E-state index contributed by atoms with van der Waals surface area (Å²) >= 11 is 0. The van der Waals surface area contributed by atoms with E-state index in [1.54, 1.807) is 0 Å². The van der Waals surface area contributed by atoms with E-state index in [1.165, 1.54) is 51.4 Å². The second-order valence-corrected chi connectivity index (χ2v) is 12.1. The molecule has 0 aromatic rings. The third-order valence-corrected chi connectivity index (χ3v) is 7.05. The third kappa shape index (κ3) is 8.07. The Labute approximate surface area is 186 Å². The zero-order valence-electron chi connectivity index (χ0n) is 21.2. The molecule has 2 aliphatic rings. The molecule has 30 heavy (non-hydrogen) atoms. The first kappa shape index (κ1) is 26.1. The van der Waals surface area contributed by atoms with Crippen LogP contribution in [-0.2, 0) is 19.6 Å². The van der Waals surface area contributed by atoms with Gasteiger partial charge in [-0.3, -0.25) is 0 Å². The Kier molecular flexibility index (Phi) is 9.67. The molecule has 0 heterocycles. The Morgan fingerprint density at radius 1 is 0.733 bits per heavy atom. The van der Waals surface area contributed by atoms with Crippen LogP contribution in [0.5, 0.6) is 0 Å². The SMILES string of the molecule is CCCCC(C)(C1CCCCC1)C1CC(OOC(C)(C)C)CCC1OOC(C)(C)C. The highest BCUT2D eigenvalue weighted by Crippen LogP contribution is 2.52. The van der Waals surface area contributed by atoms with Gasteiger partial charge < -0.3 is 0 Å². The Morgan fingerprint density at radius 2 is 1.33 bits per heavy atom. The minimum atomic E-state index is -0.294. The van der Waals surface area contributed by atoms with E-state index in [2.05, 4.69) is 34.6 Å². The molecule has 0 aromatic carbocycles. The van der Waals surface area contributed by atoms with Crippen molar-refractivity contribution in [2.75, 3.05) is 0 Å². The summed E-state index contributed by atoms with van der Waals surface area (Å²) in [5.74, 6) is 1.20. The third-order valence-electron chi connectivity index (χ3n) is 7.05. The molecule has 2 fully saturated rings. The first-order chi connectivity index (χ1) is 13.9. The molecular weight excluding hydrogens is 376 g/mol. The summed E-state index contributed by atoms with van der Waals surface area (Å²) in [7, 11) is 0. The second kappa shape index (κ2) is 11.1. The summed E-state index contributed by atoms with van der Waals surface area (Å²) in [4.78, 5) is 23.7. The fourth-order valence-corrected chi connectivity index (χ4v) is 5.43. The van der Waals surface area contributed by atoms with Gasteiger partial charge in [0, 0.05) is 0 Å². The molecule has 0 saturated heterocycles. The van der Waals surface area contributed by atoms with Gasteiger partial charge in [0.1, 0.15) is 0 Å². The molecule has 0 radical (unpaired) electrons. The minimum absolute atomic E-state index is 0.127. The lowest BCUT2D eigenvalue weighted by Gasteiger charge is -2.51. The number of hydrogen-bond donors (Lipinski definition) is 0. The molecule has 0 spiro atoms. The van der Waals surface area contributed by atoms with Gasteiger partial charge in [-0.25, -0.2) is 19.6 Å². The summed E-state index contributed by atoms with van der Waals surface area (Å²) in [6, 6.07) is 0. The molecule has 0 bridgehead atoms. The fourth-order valence-electron chi connectivity index (χ4n) is 5.43. The first-order valence-electron chi connectivity index (χ1n) is 12.6. The summed E-state index contributed by atoms with van der Waals surface area (Å²) in [6.07, 6.45) is 13.8. The molecule has 2 aliphatic carbocycles. The van der Waals surface area contributed by atoms with E-state index < -0.39 is 0 Å². The molecule has 4 unspecified atom stereocenters. The average molecular weight is 427 g/mol. The fraction of sp³-hybridized carbons (Fsp3) is 1.00. The van der Waals surface area contributed by atoms with Gasteiger partial charge in [0.25, 0.3) is 0 Å². The van der Waals surface area contributed by atoms with Gasteiger partial charge in [-0.15, -0.1) is 0 Å². The highest BCUT2D eigenvalue weighted by Gasteiger charge is 2.48. The van der Waals surface area contributed by atoms with E-state index in [0.29, 0.717) is 5.92 Å². The van der Waals surface area contributed by atoms with Crippen molar-refractivity contribution in [3.63, 3.8) is 0 Å². The number of rotatable bonds is 9. The Bertz CT molecular complexity index is 486. The topological polar surface area (TPSA) is 36.9 Å². The summed E-state index contributed by atoms with van der Waals surface area (Å²) in [6.45, 7) is 17.2. The van der Waals surface area contributed by atoms with Crippen LogP contribution >= 0.6 is 0 Å². The van der Waals surface area contributed by atoms with Crippen LogP contribution in [-0.4, -0.2) is 23.4 Å². The van der Waals surface area contributed by atoms with Crippen LogP contribution in [0.4, 0.5) is 0 Å². The maximum Gasteiger partial charge on any atom is 0.0965 e. The summed E-state index contributed by atoms with van der Waals surface area (Å²) < 4.78 is 0. The first-order valence-corrected chi connectivity index (χ1v) is 12.6. The van der Waals surface area contributed by atoms with E-state index in [0.717, 1.165) is 25.2 Å². The van der Waals surface area contributed by atoms with Crippen molar-refractivity contribution in [1.29, 1.82) is 0 Å². The lowest BCUT2D eigenvalue weighted by atomic mass is 9.57. The van der Waals surface area contributed by atoms with Crippen molar-refractivity contribution in [3.05, 3.63) is 0 Å². The molecule has 4 nitrogen and oxygen atoms in total. The van der Waals surface area contributed by atoms with Crippen LogP contribution in [0.25, 0.3) is 0 Å². The van der Waals surface area contributed by atoms with Crippen LogP contribution in [0.2, 0.25) is 0 Å². The molecule has 0 amide bonds. The average Bonchev–Trinajstić information content (AvgIpc) is 2.68. The Balaban J connectivity index is 2.22. The zero-order chi connectivity index (χ0) is 22.4. The number of hydrogen-bond acceptors (Lipinski definition) is 4. The lowest BCUT2D eigenvalue weighted by Crippen LogP contribution is -2.48. The largest absolute Gasteiger partial charge is 0.233 e. The van der Waals surface area contributed by atoms with Crippen LogP contribution in [0.1, 0.15) is 126 Å². The van der Waals surface area contributed by atoms with E-state index >= 15 is 0 Å². The summed E-state index contributed by atoms with van der Waals surface area (Å²) in [5, 5.41) is 0. The lowest BCUT2D eigenvalue weighted by molar-refractivity contribution is -0.407. The van der Waals surface area contributed by atoms with Crippen molar-refractivity contribution in [1.82, 2.24) is 0 Å². The molecule has 0 aromatic heterocycles. The summed E-state index contributed by atoms with van der Waals surface area (Å²) in [5.41, 5.74) is -0.322. The highest BCUT2D eigenvalue weighted by atomic mass is 17.2. The quantitative estimate of drug-likeness (QED) is 0.278. The van der Waals surface area contributed by atoms with Gasteiger partial charge in [0.2, 0.25) is 0 Å². The van der Waals surface area contributed by atoms with Crippen molar-refractivity contribution in [2.24, 2.45) is 17.3 Å². The van der Waals surface area contributed by atoms with Crippen LogP contribution in [0.15, 0.2) is 0 Å². The molecule has 4 heteroatoms. The standard InChI is InChI=1S/C26H50O4/c1-9-10-18-26(8,20-14-12-11-13-15-20)22-19-21(27-29-24(2,3)4)16-17-23(22)28-30-25(5,6)7/h20-23H,9-19H2,1-8H3. The molecule has 178 valence electrons. The normalized spacial score (nSPS) is 29.0. The number of unbranched alkanes of at least 4 members (excludes halogenated alkanes) is 1. The van der Waals surface area contributed by atoms with E-state index in [-0.39, 0.29) is 28.8 Å². The van der Waals surface area contributed by atoms with Crippen LogP contribution < -0.4 is 0 Å². The van der Waals surface area contributed by atoms with Gasteiger partial charge in [0.15, 0.2) is 0 Å². The van der Waals surface area contributed by atoms with Crippen LogP contribution in [0.3, 0.4) is 0 Å². The molecule has 0 N–H and O–H groups in total. The van der Waals surface area contributed by atoms with E-state index in [9.17, 15) is 0 Å². The predicted molar refractivity (Wildman–Crippen MR) is 123 cm³/mol. The Hall–Kier alpha value is -0.160. The maximum atomic E-state index is 6.17. The van der Waals surface area contributed by atoms with E-state index in [1.807, 2.05) is 20.8 Å². The molecule has 2 saturated carbocycles. The highest BCUT2D eigenvalue weighted by molar-refractivity contribution is 4.96. The molecule has 2 rings (SSSR count). The van der Waals surface area contributed by atoms with Gasteiger partial charge >= 0.3 is 0 Å². The smallest absolute Gasteiger partial charge is 0.0965 e. The van der Waals surface area contributed by atoms with Crippen molar-refractivity contribution in [2.45, 2.75) is 149 Å². The zero-order valence-corrected chi connectivity index (χ0v) is 21.2. The van der Waals surface area contributed by atoms with Crippen molar-refractivity contribution < 1.29 is 19.6 Å². The van der Waals surface area contributed by atoms with Gasteiger partial charge in [0.05, 0.1) is 23.4 Å². The molecular formula is C26H50O4. The van der Waals surface area contributed by atoms with Gasteiger partial charge in [-0.1, -0.05) is 46.0 Å². The maximum absolute atomic E-state index is 6.17. The monoisotopic (exact) mass is 426 g/mol. The minimum Gasteiger partial charge on any atom is -0.233 e. The molecule has 0 aliphatic heterocycles. The van der Waals surface area contributed by atoms with Crippen LogP contribution in [0, 0.1) is 17.3 Å². The van der Waals surface area contributed by atoms with Crippen molar-refractivity contribution in [3.8, 4) is 0 Å². The van der Waals surface area contributed by atoms with Gasteiger partial charge in [-0.2, -0.15) is 0 Å². The second-order valence-electron chi connectivity index (χ2n) is 12.1. The Morgan fingerprint density at radius 3 is 1.90 bits per heavy atom.